The topological polar surface area (TPSA) is 118 Å². The van der Waals surface area contributed by atoms with Gasteiger partial charge in [0.15, 0.2) is 18.1 Å². The number of para-hydroxylation sites is 2. The van der Waals surface area contributed by atoms with Crippen LogP contribution in [0.5, 0.6) is 11.5 Å². The van der Waals surface area contributed by atoms with E-state index in [1.807, 2.05) is 35.8 Å². The second-order valence-corrected chi connectivity index (χ2v) is 7.23. The number of anilines is 1. The highest BCUT2D eigenvalue weighted by Crippen LogP contribution is 2.36. The van der Waals surface area contributed by atoms with E-state index in [1.54, 1.807) is 0 Å². The standard InChI is InChI=1S/C22H25ClN4O5/c1-3-31-10-6-9-27-17-8-5-4-7-16(17)25-22(27)26-21(29)14-11-15(23)20(18(12-14)30-2)32-13-19(24)28/h4-5,7-8,11-12H,3,6,9-10,13H2,1-2H3,(H2,24,28)(H,25,26,29). The Morgan fingerprint density at radius 2 is 2.03 bits per heavy atom. The van der Waals surface area contributed by atoms with Gasteiger partial charge in [-0.05, 0) is 37.6 Å². The van der Waals surface area contributed by atoms with Gasteiger partial charge in [0.2, 0.25) is 5.95 Å². The van der Waals surface area contributed by atoms with E-state index in [-0.39, 0.29) is 28.7 Å². The summed E-state index contributed by atoms with van der Waals surface area (Å²) in [6, 6.07) is 10.5. The van der Waals surface area contributed by atoms with Crippen molar-refractivity contribution in [3.63, 3.8) is 0 Å². The first-order chi connectivity index (χ1) is 15.4. The van der Waals surface area contributed by atoms with Gasteiger partial charge in [0, 0.05) is 25.3 Å². The molecule has 9 nitrogen and oxygen atoms in total. The zero-order valence-corrected chi connectivity index (χ0v) is 18.6. The fourth-order valence-electron chi connectivity index (χ4n) is 3.17. The molecule has 3 N–H and O–H groups in total. The highest BCUT2D eigenvalue weighted by atomic mass is 35.5. The molecule has 0 unspecified atom stereocenters. The Labute approximate surface area is 190 Å². The monoisotopic (exact) mass is 460 g/mol. The van der Waals surface area contributed by atoms with Gasteiger partial charge in [0.05, 0.1) is 23.2 Å². The van der Waals surface area contributed by atoms with Crippen molar-refractivity contribution in [2.45, 2.75) is 19.9 Å². The van der Waals surface area contributed by atoms with Crippen LogP contribution in [0, 0.1) is 0 Å². The maximum absolute atomic E-state index is 13.0. The normalized spacial score (nSPS) is 10.8. The zero-order chi connectivity index (χ0) is 23.1. The highest BCUT2D eigenvalue weighted by Gasteiger charge is 2.19. The number of carbonyl (C=O) groups is 2. The molecular formula is C22H25ClN4O5. The second-order valence-electron chi connectivity index (χ2n) is 6.82. The first-order valence-electron chi connectivity index (χ1n) is 10.1. The van der Waals surface area contributed by atoms with Gasteiger partial charge in [-0.15, -0.1) is 0 Å². The van der Waals surface area contributed by atoms with Crippen LogP contribution < -0.4 is 20.5 Å². The maximum atomic E-state index is 13.0. The minimum atomic E-state index is -0.659. The van der Waals surface area contributed by atoms with Crippen LogP contribution in [-0.2, 0) is 16.1 Å². The number of halogens is 1. The number of nitrogens with two attached hydrogens (primary N) is 1. The molecule has 0 fully saturated rings. The number of aryl methyl sites for hydroxylation is 1. The van der Waals surface area contributed by atoms with Crippen LogP contribution in [0.25, 0.3) is 11.0 Å². The van der Waals surface area contributed by atoms with Gasteiger partial charge in [-0.1, -0.05) is 23.7 Å². The number of primary amides is 1. The van der Waals surface area contributed by atoms with Crippen molar-refractivity contribution < 1.29 is 23.8 Å². The van der Waals surface area contributed by atoms with Crippen LogP contribution in [0.4, 0.5) is 5.95 Å². The predicted molar refractivity (Wildman–Crippen MR) is 121 cm³/mol. The Bertz CT molecular complexity index is 1120. The molecule has 0 aliphatic carbocycles. The first-order valence-corrected chi connectivity index (χ1v) is 10.4. The molecule has 170 valence electrons. The molecule has 0 radical (unpaired) electrons. The molecular weight excluding hydrogens is 436 g/mol. The van der Waals surface area contributed by atoms with Gasteiger partial charge in [-0.25, -0.2) is 4.98 Å². The summed E-state index contributed by atoms with van der Waals surface area (Å²) in [6.07, 6.45) is 0.766. The number of carbonyl (C=O) groups excluding carboxylic acids is 2. The Morgan fingerprint density at radius 3 is 2.75 bits per heavy atom. The molecule has 1 aromatic heterocycles. The minimum Gasteiger partial charge on any atom is -0.493 e. The van der Waals surface area contributed by atoms with Crippen LogP contribution >= 0.6 is 11.6 Å². The van der Waals surface area contributed by atoms with Crippen molar-refractivity contribution in [3.8, 4) is 11.5 Å². The molecule has 2 aromatic carbocycles. The fourth-order valence-corrected chi connectivity index (χ4v) is 3.44. The lowest BCUT2D eigenvalue weighted by Crippen LogP contribution is -2.20. The van der Waals surface area contributed by atoms with E-state index in [2.05, 4.69) is 10.3 Å². The molecule has 2 amide bonds. The average Bonchev–Trinajstić information content (AvgIpc) is 3.12. The van der Waals surface area contributed by atoms with Crippen LogP contribution in [0.2, 0.25) is 5.02 Å². The molecule has 0 saturated heterocycles. The van der Waals surface area contributed by atoms with E-state index in [4.69, 9.17) is 31.5 Å². The number of ether oxygens (including phenoxy) is 3. The molecule has 3 rings (SSSR count). The lowest BCUT2D eigenvalue weighted by Gasteiger charge is -2.14. The molecule has 0 bridgehead atoms. The van der Waals surface area contributed by atoms with Crippen molar-refractivity contribution >= 4 is 40.4 Å². The number of amides is 2. The number of imidazole rings is 1. The van der Waals surface area contributed by atoms with Gasteiger partial charge in [0.25, 0.3) is 11.8 Å². The molecule has 1 heterocycles. The van der Waals surface area contributed by atoms with Crippen LogP contribution in [0.3, 0.4) is 0 Å². The average molecular weight is 461 g/mol. The van der Waals surface area contributed by atoms with Gasteiger partial charge >= 0.3 is 0 Å². The van der Waals surface area contributed by atoms with E-state index < -0.39 is 11.8 Å². The SMILES string of the molecule is CCOCCCn1c(NC(=O)c2cc(Cl)c(OCC(N)=O)c(OC)c2)nc2ccccc21. The zero-order valence-electron chi connectivity index (χ0n) is 17.9. The summed E-state index contributed by atoms with van der Waals surface area (Å²) in [5, 5.41) is 2.96. The van der Waals surface area contributed by atoms with Crippen LogP contribution in [-0.4, -0.2) is 48.3 Å². The molecule has 32 heavy (non-hydrogen) atoms. The van der Waals surface area contributed by atoms with Crippen LogP contribution in [0.15, 0.2) is 36.4 Å². The number of nitrogens with one attached hydrogen (secondary N) is 1. The highest BCUT2D eigenvalue weighted by molar-refractivity contribution is 6.32. The lowest BCUT2D eigenvalue weighted by atomic mass is 10.2. The number of benzene rings is 2. The second kappa shape index (κ2) is 10.8. The predicted octanol–water partition coefficient (Wildman–Crippen LogP) is 3.24. The number of fused-ring (bicyclic) bond motifs is 1. The van der Waals surface area contributed by atoms with Crippen molar-refractivity contribution in [1.82, 2.24) is 9.55 Å². The van der Waals surface area contributed by atoms with Gasteiger partial charge in [0.1, 0.15) is 0 Å². The summed E-state index contributed by atoms with van der Waals surface area (Å²) in [7, 11) is 1.41. The van der Waals surface area contributed by atoms with Crippen molar-refractivity contribution in [2.75, 3.05) is 32.2 Å². The minimum absolute atomic E-state index is 0.112. The number of hydrogen-bond acceptors (Lipinski definition) is 6. The molecule has 3 aromatic rings. The summed E-state index contributed by atoms with van der Waals surface area (Å²) in [5.41, 5.74) is 7.03. The molecule has 0 aliphatic heterocycles. The third kappa shape index (κ3) is 5.49. The van der Waals surface area contributed by atoms with Gasteiger partial charge in [-0.3, -0.25) is 14.9 Å². The summed E-state index contributed by atoms with van der Waals surface area (Å²) in [6.45, 7) is 3.46. The Morgan fingerprint density at radius 1 is 1.25 bits per heavy atom. The number of hydrogen-bond donors (Lipinski definition) is 2. The smallest absolute Gasteiger partial charge is 0.258 e. The van der Waals surface area contributed by atoms with Crippen molar-refractivity contribution in [3.05, 3.63) is 47.0 Å². The quantitative estimate of drug-likeness (QED) is 0.424. The van der Waals surface area contributed by atoms with Gasteiger partial charge in [-0.2, -0.15) is 0 Å². The van der Waals surface area contributed by atoms with Crippen molar-refractivity contribution in [1.29, 1.82) is 0 Å². The third-order valence-corrected chi connectivity index (χ3v) is 4.89. The summed E-state index contributed by atoms with van der Waals surface area (Å²) in [5.74, 6) is -0.333. The number of aromatic nitrogens is 2. The van der Waals surface area contributed by atoms with Gasteiger partial charge < -0.3 is 24.5 Å². The van der Waals surface area contributed by atoms with Crippen LogP contribution in [0.1, 0.15) is 23.7 Å². The van der Waals surface area contributed by atoms with E-state index in [9.17, 15) is 9.59 Å². The van der Waals surface area contributed by atoms with E-state index in [1.165, 1.54) is 19.2 Å². The third-order valence-electron chi connectivity index (χ3n) is 4.60. The Kier molecular flexibility index (Phi) is 7.91. The Balaban J connectivity index is 1.86. The molecule has 10 heteroatoms. The van der Waals surface area contributed by atoms with E-state index >= 15 is 0 Å². The fraction of sp³-hybridized carbons (Fsp3) is 0.318. The molecule has 0 atom stereocenters. The number of rotatable bonds is 11. The lowest BCUT2D eigenvalue weighted by molar-refractivity contribution is -0.119. The molecule has 0 saturated carbocycles. The maximum Gasteiger partial charge on any atom is 0.258 e. The number of nitrogens with zero attached hydrogens (tertiary/aromatic N) is 2. The van der Waals surface area contributed by atoms with Crippen molar-refractivity contribution in [2.24, 2.45) is 5.73 Å². The first kappa shape index (κ1) is 23.4. The molecule has 0 spiro atoms. The number of methoxy groups -OCH3 is 1. The Hall–Kier alpha value is -3.30. The summed E-state index contributed by atoms with van der Waals surface area (Å²) >= 11 is 6.27. The largest absolute Gasteiger partial charge is 0.493 e. The molecule has 0 aliphatic rings. The van der Waals surface area contributed by atoms with E-state index in [0.29, 0.717) is 25.7 Å². The summed E-state index contributed by atoms with van der Waals surface area (Å²) < 4.78 is 17.9. The summed E-state index contributed by atoms with van der Waals surface area (Å²) in [4.78, 5) is 28.6. The van der Waals surface area contributed by atoms with E-state index in [0.717, 1.165) is 17.5 Å².